The molecule has 21 heavy (non-hydrogen) atoms. The summed E-state index contributed by atoms with van der Waals surface area (Å²) >= 11 is 0. The molecule has 1 heterocycles. The molecule has 0 bridgehead atoms. The lowest BCUT2D eigenvalue weighted by Gasteiger charge is -2.16. The molecule has 1 aromatic heterocycles. The fourth-order valence-corrected chi connectivity index (χ4v) is 2.27. The third-order valence-corrected chi connectivity index (χ3v) is 3.70. The molecule has 3 atom stereocenters. The first-order chi connectivity index (χ1) is 10.2. The predicted molar refractivity (Wildman–Crippen MR) is 81.1 cm³/mol. The zero-order valence-corrected chi connectivity index (χ0v) is 13.0. The second kappa shape index (κ2) is 7.33. The number of benzene rings is 1. The molecule has 1 N–H and O–H groups in total. The Bertz CT molecular complexity index is 541. The molecular weight excluding hydrogens is 266 g/mol. The topological polar surface area (TPSA) is 60.2 Å². The van der Waals surface area contributed by atoms with Crippen LogP contribution in [0.15, 0.2) is 34.9 Å². The summed E-state index contributed by atoms with van der Waals surface area (Å²) in [5.41, 5.74) is 1.01. The second-order valence-corrected chi connectivity index (χ2v) is 5.15. The van der Waals surface area contributed by atoms with Gasteiger partial charge < -0.3 is 14.6 Å². The van der Waals surface area contributed by atoms with E-state index in [2.05, 4.69) is 36.2 Å². The maximum absolute atomic E-state index is 5.52. The highest BCUT2D eigenvalue weighted by atomic mass is 16.5. The van der Waals surface area contributed by atoms with Gasteiger partial charge in [-0.05, 0) is 19.0 Å². The first-order valence-corrected chi connectivity index (χ1v) is 7.32. The van der Waals surface area contributed by atoms with Crippen molar-refractivity contribution in [1.29, 1.82) is 0 Å². The lowest BCUT2D eigenvalue weighted by atomic mass is 10.0. The largest absolute Gasteiger partial charge is 0.369 e. The lowest BCUT2D eigenvalue weighted by Crippen LogP contribution is -2.30. The van der Waals surface area contributed by atoms with Gasteiger partial charge >= 0.3 is 0 Å². The fourth-order valence-electron chi connectivity index (χ4n) is 2.27. The van der Waals surface area contributed by atoms with Crippen LogP contribution in [-0.4, -0.2) is 29.8 Å². The average Bonchev–Trinajstić information content (AvgIpc) is 2.98. The molecule has 0 saturated carbocycles. The van der Waals surface area contributed by atoms with Gasteiger partial charge in [-0.25, -0.2) is 0 Å². The minimum absolute atomic E-state index is 0.152. The van der Waals surface area contributed by atoms with Crippen molar-refractivity contribution in [2.75, 3.05) is 13.7 Å². The number of likely N-dealkylation sites (N-methyl/N-ethyl adjacent to an activating group) is 1. The molecule has 5 heteroatoms. The Morgan fingerprint density at radius 2 is 1.95 bits per heavy atom. The van der Waals surface area contributed by atoms with Gasteiger partial charge in [-0.15, -0.1) is 0 Å². The highest BCUT2D eigenvalue weighted by Crippen LogP contribution is 2.25. The van der Waals surface area contributed by atoms with Gasteiger partial charge in [-0.1, -0.05) is 49.3 Å². The Labute approximate surface area is 125 Å². The summed E-state index contributed by atoms with van der Waals surface area (Å²) in [5.74, 6) is 1.35. The second-order valence-electron chi connectivity index (χ2n) is 5.15. The quantitative estimate of drug-likeness (QED) is 0.849. The lowest BCUT2D eigenvalue weighted by molar-refractivity contribution is 0.126. The van der Waals surface area contributed by atoms with Gasteiger partial charge in [0.2, 0.25) is 11.7 Å². The van der Waals surface area contributed by atoms with Gasteiger partial charge in [0.25, 0.3) is 0 Å². The predicted octanol–water partition coefficient (Wildman–Crippen LogP) is 2.91. The molecule has 0 radical (unpaired) electrons. The highest BCUT2D eigenvalue weighted by Gasteiger charge is 2.24. The molecule has 0 amide bonds. The molecule has 0 aliphatic carbocycles. The molecule has 0 aliphatic rings. The number of nitrogens with one attached hydrogen (secondary N) is 1. The van der Waals surface area contributed by atoms with Crippen LogP contribution in [0.4, 0.5) is 0 Å². The molecular formula is C16H23N3O2. The normalized spacial score (nSPS) is 15.6. The van der Waals surface area contributed by atoms with Gasteiger partial charge in [0.05, 0.1) is 5.92 Å². The number of nitrogens with zero attached hydrogens (tertiary/aromatic N) is 2. The average molecular weight is 289 g/mol. The number of hydrogen-bond donors (Lipinski definition) is 1. The number of rotatable bonds is 7. The Hall–Kier alpha value is -1.72. The highest BCUT2D eigenvalue weighted by molar-refractivity contribution is 5.22. The molecule has 5 nitrogen and oxygen atoms in total. The van der Waals surface area contributed by atoms with Crippen molar-refractivity contribution in [2.45, 2.75) is 38.8 Å². The minimum Gasteiger partial charge on any atom is -0.369 e. The van der Waals surface area contributed by atoms with Crippen LogP contribution in [0.5, 0.6) is 0 Å². The van der Waals surface area contributed by atoms with E-state index in [1.165, 1.54) is 0 Å². The van der Waals surface area contributed by atoms with E-state index in [0.29, 0.717) is 11.7 Å². The molecule has 1 aromatic carbocycles. The van der Waals surface area contributed by atoms with E-state index in [0.717, 1.165) is 12.1 Å². The number of ether oxygens (including phenoxy) is 1. The summed E-state index contributed by atoms with van der Waals surface area (Å²) in [6, 6.07) is 10.2. The van der Waals surface area contributed by atoms with Crippen molar-refractivity contribution in [3.8, 4) is 0 Å². The molecule has 2 rings (SSSR count). The summed E-state index contributed by atoms with van der Waals surface area (Å²) in [7, 11) is 1.65. The van der Waals surface area contributed by atoms with E-state index in [1.807, 2.05) is 30.3 Å². The van der Waals surface area contributed by atoms with Crippen molar-refractivity contribution < 1.29 is 9.26 Å². The Morgan fingerprint density at radius 3 is 2.57 bits per heavy atom. The summed E-state index contributed by atoms with van der Waals surface area (Å²) < 4.78 is 10.9. The monoisotopic (exact) mass is 289 g/mol. The third kappa shape index (κ3) is 3.68. The number of aromatic nitrogens is 2. The van der Waals surface area contributed by atoms with Gasteiger partial charge in [0, 0.05) is 13.2 Å². The summed E-state index contributed by atoms with van der Waals surface area (Å²) in [6.07, 6.45) is -0.301. The minimum atomic E-state index is -0.301. The fraction of sp³-hybridized carbons (Fsp3) is 0.500. The molecule has 0 fully saturated rings. The summed E-state index contributed by atoms with van der Waals surface area (Å²) in [4.78, 5) is 4.52. The van der Waals surface area contributed by atoms with E-state index in [4.69, 9.17) is 9.26 Å². The molecule has 0 spiro atoms. The van der Waals surface area contributed by atoms with Crippen LogP contribution in [0, 0.1) is 0 Å². The van der Waals surface area contributed by atoms with Gasteiger partial charge in [-0.3, -0.25) is 0 Å². The van der Waals surface area contributed by atoms with E-state index < -0.39 is 0 Å². The van der Waals surface area contributed by atoms with Crippen LogP contribution >= 0.6 is 0 Å². The van der Waals surface area contributed by atoms with Gasteiger partial charge in [-0.2, -0.15) is 4.98 Å². The van der Waals surface area contributed by atoms with Crippen LogP contribution in [0.1, 0.15) is 50.1 Å². The molecule has 114 valence electrons. The van der Waals surface area contributed by atoms with Crippen molar-refractivity contribution in [1.82, 2.24) is 15.5 Å². The van der Waals surface area contributed by atoms with Crippen LogP contribution in [0.3, 0.4) is 0 Å². The van der Waals surface area contributed by atoms with E-state index in [9.17, 15) is 0 Å². The number of methoxy groups -OCH3 is 1. The van der Waals surface area contributed by atoms with Gasteiger partial charge in [0.1, 0.15) is 6.10 Å². The Kier molecular flexibility index (Phi) is 5.47. The Morgan fingerprint density at radius 1 is 1.24 bits per heavy atom. The van der Waals surface area contributed by atoms with Crippen LogP contribution in [0.2, 0.25) is 0 Å². The molecule has 2 aromatic rings. The SMILES string of the molecule is CCNC(C)C(C)c1nc(C(OC)c2ccccc2)no1. The third-order valence-electron chi connectivity index (χ3n) is 3.70. The zero-order chi connectivity index (χ0) is 15.2. The molecule has 0 saturated heterocycles. The maximum Gasteiger partial charge on any atom is 0.231 e. The standard InChI is InChI=1S/C16H23N3O2/c1-5-17-12(3)11(2)16-18-15(19-21-16)14(20-4)13-9-7-6-8-10-13/h6-12,14,17H,5H2,1-4H3. The van der Waals surface area contributed by atoms with E-state index in [-0.39, 0.29) is 18.1 Å². The Balaban J connectivity index is 2.18. The zero-order valence-electron chi connectivity index (χ0n) is 13.0. The summed E-state index contributed by atoms with van der Waals surface area (Å²) in [6.45, 7) is 7.19. The molecule has 3 unspecified atom stereocenters. The number of hydrogen-bond acceptors (Lipinski definition) is 5. The van der Waals surface area contributed by atoms with Crippen molar-refractivity contribution in [3.05, 3.63) is 47.6 Å². The van der Waals surface area contributed by atoms with Crippen molar-refractivity contribution >= 4 is 0 Å². The van der Waals surface area contributed by atoms with Gasteiger partial charge in [0.15, 0.2) is 0 Å². The van der Waals surface area contributed by atoms with Crippen LogP contribution in [0.25, 0.3) is 0 Å². The molecule has 0 aliphatic heterocycles. The summed E-state index contributed by atoms with van der Waals surface area (Å²) in [5, 5.41) is 7.46. The first-order valence-electron chi connectivity index (χ1n) is 7.32. The smallest absolute Gasteiger partial charge is 0.231 e. The first kappa shape index (κ1) is 15.7. The van der Waals surface area contributed by atoms with Crippen molar-refractivity contribution in [3.63, 3.8) is 0 Å². The van der Waals surface area contributed by atoms with E-state index in [1.54, 1.807) is 7.11 Å². The maximum atomic E-state index is 5.52. The van der Waals surface area contributed by atoms with Crippen molar-refractivity contribution in [2.24, 2.45) is 0 Å². The van der Waals surface area contributed by atoms with Crippen LogP contribution < -0.4 is 5.32 Å². The van der Waals surface area contributed by atoms with Crippen LogP contribution in [-0.2, 0) is 4.74 Å². The van der Waals surface area contributed by atoms with E-state index >= 15 is 0 Å².